The highest BCUT2D eigenvalue weighted by atomic mass is 79.9. The van der Waals surface area contributed by atoms with E-state index in [4.69, 9.17) is 77.0 Å². The van der Waals surface area contributed by atoms with Gasteiger partial charge in [-0.2, -0.15) is 0 Å². The number of carbonyl (C=O) groups excluding carboxylic acids is 3. The molecule has 8 nitrogen and oxygen atoms in total. The third-order valence-electron chi connectivity index (χ3n) is 8.41. The van der Waals surface area contributed by atoms with Gasteiger partial charge in [-0.3, -0.25) is 4.79 Å². The van der Waals surface area contributed by atoms with Crippen LogP contribution in [0.2, 0.25) is 15.1 Å². The Labute approximate surface area is 406 Å². The molecular weight excluding hydrogens is 1020 g/mol. The molecule has 0 fully saturated rings. The van der Waals surface area contributed by atoms with Gasteiger partial charge in [-0.05, 0) is 123 Å². The number of halogens is 9. The van der Waals surface area contributed by atoms with Gasteiger partial charge in [0.2, 0.25) is 0 Å². The maximum atomic E-state index is 14.3. The molecule has 6 rings (SSSR count). The zero-order valence-electron chi connectivity index (χ0n) is 35.0. The highest BCUT2D eigenvalue weighted by molar-refractivity contribution is 9.10. The summed E-state index contributed by atoms with van der Waals surface area (Å²) in [5.74, 6) is -2.88. The number of ketones is 1. The second-order valence-corrected chi connectivity index (χ2v) is 16.4. The molecule has 0 aromatic heterocycles. The van der Waals surface area contributed by atoms with Crippen molar-refractivity contribution in [1.82, 2.24) is 0 Å². The molecule has 0 saturated carbocycles. The van der Waals surface area contributed by atoms with Crippen LogP contribution in [0, 0.1) is 38.2 Å². The molecule has 0 unspecified atom stereocenters. The lowest BCUT2D eigenvalue weighted by Gasteiger charge is -2.13. The summed E-state index contributed by atoms with van der Waals surface area (Å²) < 4.78 is 67.6. The topological polar surface area (TPSA) is 97.4 Å². The Morgan fingerprint density at radius 1 is 0.508 bits per heavy atom. The van der Waals surface area contributed by atoms with Crippen molar-refractivity contribution in [3.63, 3.8) is 0 Å². The summed E-state index contributed by atoms with van der Waals surface area (Å²) in [7, 11) is 0. The van der Waals surface area contributed by atoms with Crippen molar-refractivity contribution in [2.24, 2.45) is 0 Å². The molecule has 0 heterocycles. The van der Waals surface area contributed by atoms with Crippen LogP contribution in [-0.2, 0) is 19.1 Å². The maximum Gasteiger partial charge on any atom is 0.379 e. The number of ether oxygens (including phenoxy) is 5. The molecule has 0 aliphatic rings. The summed E-state index contributed by atoms with van der Waals surface area (Å²) in [5, 5.41) is 0.269. The third kappa shape index (κ3) is 15.4. The largest absolute Gasteiger partial charge is 0.462 e. The number of Topliss-reactive ketones (excluding diaryl/α,β-unsaturated/α-hetero) is 1. The molecule has 0 radical (unpaired) electrons. The van der Waals surface area contributed by atoms with Gasteiger partial charge in [0.1, 0.15) is 62.0 Å². The van der Waals surface area contributed by atoms with Crippen molar-refractivity contribution in [2.75, 3.05) is 13.2 Å². The molecular formula is C48H37BrCl5F3O8. The average Bonchev–Trinajstić information content (AvgIpc) is 3.25. The fourth-order valence-electron chi connectivity index (χ4n) is 5.16. The molecule has 0 aliphatic carbocycles. The molecule has 340 valence electrons. The van der Waals surface area contributed by atoms with Gasteiger partial charge in [0.25, 0.3) is 5.78 Å². The van der Waals surface area contributed by atoms with Crippen LogP contribution in [0.3, 0.4) is 0 Å². The molecule has 6 aromatic rings. The van der Waals surface area contributed by atoms with E-state index in [0.717, 1.165) is 34.9 Å². The van der Waals surface area contributed by atoms with Crippen LogP contribution < -0.4 is 14.2 Å². The quantitative estimate of drug-likeness (QED) is 0.0393. The van der Waals surface area contributed by atoms with Crippen LogP contribution in [0.5, 0.6) is 34.5 Å². The van der Waals surface area contributed by atoms with E-state index < -0.39 is 45.2 Å². The van der Waals surface area contributed by atoms with Crippen LogP contribution in [0.15, 0.2) is 118 Å². The zero-order valence-corrected chi connectivity index (χ0v) is 40.3. The average molecular weight is 1060 g/mol. The smallest absolute Gasteiger partial charge is 0.379 e. The van der Waals surface area contributed by atoms with Gasteiger partial charge in [0.15, 0.2) is 0 Å². The molecule has 0 bridgehead atoms. The van der Waals surface area contributed by atoms with Crippen molar-refractivity contribution in [3.05, 3.63) is 178 Å². The maximum absolute atomic E-state index is 14.3. The lowest BCUT2D eigenvalue weighted by Crippen LogP contribution is -2.18. The van der Waals surface area contributed by atoms with Crippen LogP contribution in [-0.4, -0.2) is 30.9 Å². The fourth-order valence-corrected chi connectivity index (χ4v) is 6.41. The molecule has 6 aromatic carbocycles. The predicted molar refractivity (Wildman–Crippen MR) is 252 cm³/mol. The Balaban J connectivity index is 0.000000217. The number of esters is 2. The highest BCUT2D eigenvalue weighted by Crippen LogP contribution is 2.38. The van der Waals surface area contributed by atoms with Crippen LogP contribution in [0.1, 0.15) is 46.5 Å². The minimum Gasteiger partial charge on any atom is -0.462 e. The summed E-state index contributed by atoms with van der Waals surface area (Å²) in [4.78, 5) is 35.4. The van der Waals surface area contributed by atoms with E-state index in [1.165, 1.54) is 18.2 Å². The minimum atomic E-state index is -1.13. The SMILES string of the molecule is CCOC(=O)C(=C(Cl)Cl)c1cc(Oc2ccc(C)cc2)c(Cl)cc1F.CCOC(=O)C(=O)c1cc(Oc2ccc(C)cc2)c(Cl)cc1F.Cc1ccc(Oc2cc(Br)c(F)cc2Cl)cc1. The summed E-state index contributed by atoms with van der Waals surface area (Å²) in [5.41, 5.74) is 2.33. The van der Waals surface area contributed by atoms with E-state index >= 15 is 0 Å². The van der Waals surface area contributed by atoms with E-state index in [1.807, 2.05) is 69.3 Å². The zero-order chi connectivity index (χ0) is 48.0. The fraction of sp³-hybridized carbons (Fsp3) is 0.146. The molecule has 0 N–H and O–H groups in total. The van der Waals surface area contributed by atoms with Gasteiger partial charge in [-0.25, -0.2) is 22.8 Å². The van der Waals surface area contributed by atoms with Gasteiger partial charge in [-0.1, -0.05) is 111 Å². The predicted octanol–water partition coefficient (Wildman–Crippen LogP) is 16.0. The molecule has 0 spiro atoms. The van der Waals surface area contributed by atoms with Crippen LogP contribution in [0.25, 0.3) is 5.57 Å². The summed E-state index contributed by atoms with van der Waals surface area (Å²) in [6.07, 6.45) is 0. The molecule has 17 heteroatoms. The van der Waals surface area contributed by atoms with Gasteiger partial charge in [-0.15, -0.1) is 0 Å². The Morgan fingerprint density at radius 2 is 0.846 bits per heavy atom. The van der Waals surface area contributed by atoms with E-state index in [2.05, 4.69) is 20.7 Å². The third-order valence-corrected chi connectivity index (χ3v) is 10.3. The summed E-state index contributed by atoms with van der Waals surface area (Å²) >= 11 is 32.5. The van der Waals surface area contributed by atoms with Crippen molar-refractivity contribution in [1.29, 1.82) is 0 Å². The number of hydrogen-bond acceptors (Lipinski definition) is 8. The van der Waals surface area contributed by atoms with Crippen molar-refractivity contribution < 1.29 is 51.2 Å². The first-order chi connectivity index (χ1) is 30.8. The van der Waals surface area contributed by atoms with Gasteiger partial charge >= 0.3 is 11.9 Å². The molecule has 0 atom stereocenters. The second kappa shape index (κ2) is 24.9. The highest BCUT2D eigenvalue weighted by Gasteiger charge is 2.25. The first-order valence-electron chi connectivity index (χ1n) is 19.1. The number of carbonyl (C=O) groups is 3. The molecule has 0 amide bonds. The first kappa shape index (κ1) is 52.4. The Bertz CT molecular complexity index is 2680. The molecule has 0 aliphatic heterocycles. The first-order valence-corrected chi connectivity index (χ1v) is 21.8. The normalized spacial score (nSPS) is 10.3. The second-order valence-electron chi connectivity index (χ2n) is 13.4. The minimum absolute atomic E-state index is 0.0107. The number of benzene rings is 6. The Hall–Kier alpha value is -5.21. The summed E-state index contributed by atoms with van der Waals surface area (Å²) in [6, 6.07) is 28.8. The standard InChI is InChI=1S/C18H14Cl3FO3.C17H14ClFO4.C13H9BrClFO/c1-3-24-18(23)16(17(20)21)12-8-15(13(19)9-14(12)22)25-11-6-4-10(2)5-7-11;1-3-22-17(21)16(20)12-8-15(13(18)9-14(12)19)23-11-6-4-10(2)5-7-11;1-8-2-4-9(5-3-8)17-13-6-10(14)12(16)7-11(13)15/h4-9H,3H2,1-2H3;4-9H,3H2,1-2H3;2-7H,1H3. The van der Waals surface area contributed by atoms with E-state index in [0.29, 0.717) is 27.5 Å². The summed E-state index contributed by atoms with van der Waals surface area (Å²) in [6.45, 7) is 9.12. The number of hydrogen-bond donors (Lipinski definition) is 0. The van der Waals surface area contributed by atoms with Crippen molar-refractivity contribution in [3.8, 4) is 34.5 Å². The van der Waals surface area contributed by atoms with E-state index in [9.17, 15) is 27.6 Å². The Kier molecular flexibility index (Phi) is 20.1. The molecule has 65 heavy (non-hydrogen) atoms. The van der Waals surface area contributed by atoms with Crippen molar-refractivity contribution in [2.45, 2.75) is 34.6 Å². The monoisotopic (exact) mass is 1050 g/mol. The van der Waals surface area contributed by atoms with Crippen molar-refractivity contribution >= 4 is 97.2 Å². The molecule has 0 saturated heterocycles. The van der Waals surface area contributed by atoms with Gasteiger partial charge in [0.05, 0.1) is 38.3 Å². The Morgan fingerprint density at radius 3 is 1.23 bits per heavy atom. The number of rotatable bonds is 12. The van der Waals surface area contributed by atoms with E-state index in [-0.39, 0.29) is 50.9 Å². The van der Waals surface area contributed by atoms with Gasteiger partial charge < -0.3 is 23.7 Å². The van der Waals surface area contributed by atoms with Gasteiger partial charge in [0, 0.05) is 5.56 Å². The number of aryl methyl sites for hydroxylation is 3. The van der Waals surface area contributed by atoms with Crippen LogP contribution >= 0.6 is 73.9 Å². The lowest BCUT2D eigenvalue weighted by molar-refractivity contribution is -0.137. The van der Waals surface area contributed by atoms with E-state index in [1.54, 1.807) is 38.1 Å². The van der Waals surface area contributed by atoms with Crippen LogP contribution in [0.4, 0.5) is 13.2 Å². The lowest BCUT2D eigenvalue weighted by atomic mass is 10.1.